The molecule has 3 aromatic rings. The molecule has 0 aliphatic rings. The molecule has 0 radical (unpaired) electrons. The van der Waals surface area contributed by atoms with Crippen molar-refractivity contribution in [1.29, 1.82) is 0 Å². The van der Waals surface area contributed by atoms with Crippen LogP contribution >= 0.6 is 23.1 Å². The highest BCUT2D eigenvalue weighted by molar-refractivity contribution is 7.98. The van der Waals surface area contributed by atoms with E-state index >= 15 is 0 Å². The van der Waals surface area contributed by atoms with Gasteiger partial charge in [0.25, 0.3) is 0 Å². The zero-order chi connectivity index (χ0) is 17.5. The van der Waals surface area contributed by atoms with Crippen molar-refractivity contribution in [2.24, 2.45) is 0 Å². The SMILES string of the molecule is COc1ccc(-c2nc(CSCCc3ccccc3)cs2)cc1OC. The molecule has 0 atom stereocenters. The number of ether oxygens (including phenoxy) is 2. The molecule has 3 nitrogen and oxygen atoms in total. The summed E-state index contributed by atoms with van der Waals surface area (Å²) in [6.07, 6.45) is 1.10. The maximum Gasteiger partial charge on any atom is 0.161 e. The van der Waals surface area contributed by atoms with Gasteiger partial charge in [-0.2, -0.15) is 11.8 Å². The molecule has 0 amide bonds. The number of aryl methyl sites for hydroxylation is 1. The topological polar surface area (TPSA) is 31.4 Å². The van der Waals surface area contributed by atoms with Gasteiger partial charge in [0.2, 0.25) is 0 Å². The van der Waals surface area contributed by atoms with Gasteiger partial charge in [-0.3, -0.25) is 0 Å². The summed E-state index contributed by atoms with van der Waals surface area (Å²) in [7, 11) is 3.30. The lowest BCUT2D eigenvalue weighted by atomic mass is 10.2. The van der Waals surface area contributed by atoms with Crippen molar-refractivity contribution in [3.05, 3.63) is 65.2 Å². The molecule has 0 aliphatic heterocycles. The number of thioether (sulfide) groups is 1. The third-order valence-corrected chi connectivity index (χ3v) is 5.74. The number of methoxy groups -OCH3 is 2. The first-order valence-corrected chi connectivity index (χ1v) is 10.1. The average molecular weight is 372 g/mol. The van der Waals surface area contributed by atoms with Crippen molar-refractivity contribution in [1.82, 2.24) is 4.98 Å². The molecule has 0 spiro atoms. The quantitative estimate of drug-likeness (QED) is 0.503. The lowest BCUT2D eigenvalue weighted by Gasteiger charge is -2.08. The Hall–Kier alpha value is -1.98. The summed E-state index contributed by atoms with van der Waals surface area (Å²) in [5.74, 6) is 3.51. The number of nitrogens with zero attached hydrogens (tertiary/aromatic N) is 1. The van der Waals surface area contributed by atoms with Crippen LogP contribution in [0.5, 0.6) is 11.5 Å². The van der Waals surface area contributed by atoms with Gasteiger partial charge >= 0.3 is 0 Å². The lowest BCUT2D eigenvalue weighted by Crippen LogP contribution is -1.91. The summed E-state index contributed by atoms with van der Waals surface area (Å²) in [5, 5.41) is 3.15. The Morgan fingerprint density at radius 2 is 1.80 bits per heavy atom. The molecule has 25 heavy (non-hydrogen) atoms. The van der Waals surface area contributed by atoms with E-state index in [1.807, 2.05) is 30.0 Å². The normalized spacial score (nSPS) is 10.6. The van der Waals surface area contributed by atoms with Gasteiger partial charge in [-0.1, -0.05) is 30.3 Å². The summed E-state index contributed by atoms with van der Waals surface area (Å²) in [5.41, 5.74) is 3.58. The molecule has 130 valence electrons. The Bertz CT molecular complexity index is 802. The monoisotopic (exact) mass is 371 g/mol. The number of hydrogen-bond acceptors (Lipinski definition) is 5. The first-order valence-electron chi connectivity index (χ1n) is 8.08. The molecule has 1 heterocycles. The van der Waals surface area contributed by atoms with Crippen molar-refractivity contribution in [2.45, 2.75) is 12.2 Å². The van der Waals surface area contributed by atoms with Crippen molar-refractivity contribution in [3.63, 3.8) is 0 Å². The highest BCUT2D eigenvalue weighted by Crippen LogP contribution is 2.33. The van der Waals surface area contributed by atoms with Crippen molar-refractivity contribution in [2.75, 3.05) is 20.0 Å². The van der Waals surface area contributed by atoms with E-state index in [2.05, 4.69) is 35.7 Å². The van der Waals surface area contributed by atoms with Gasteiger partial charge < -0.3 is 9.47 Å². The van der Waals surface area contributed by atoms with Crippen LogP contribution in [0.1, 0.15) is 11.3 Å². The smallest absolute Gasteiger partial charge is 0.161 e. The molecule has 0 unspecified atom stereocenters. The number of rotatable bonds is 8. The van der Waals surface area contributed by atoms with Crippen LogP contribution in [-0.2, 0) is 12.2 Å². The Kier molecular flexibility index (Phi) is 6.36. The Labute approximate surface area is 157 Å². The fourth-order valence-electron chi connectivity index (χ4n) is 2.49. The molecular weight excluding hydrogens is 350 g/mol. The first-order chi connectivity index (χ1) is 12.3. The number of thiazole rings is 1. The van der Waals surface area contributed by atoms with Gasteiger partial charge in [-0.15, -0.1) is 11.3 Å². The van der Waals surface area contributed by atoms with Gasteiger partial charge in [0, 0.05) is 16.7 Å². The molecule has 0 saturated heterocycles. The maximum absolute atomic E-state index is 5.37. The molecule has 1 aromatic heterocycles. The van der Waals surface area contributed by atoms with Crippen LogP contribution in [0.2, 0.25) is 0 Å². The van der Waals surface area contributed by atoms with Gasteiger partial charge in [0.05, 0.1) is 19.9 Å². The van der Waals surface area contributed by atoms with E-state index in [-0.39, 0.29) is 0 Å². The molecule has 0 saturated carbocycles. The van der Waals surface area contributed by atoms with E-state index < -0.39 is 0 Å². The maximum atomic E-state index is 5.37. The largest absolute Gasteiger partial charge is 0.493 e. The highest BCUT2D eigenvalue weighted by atomic mass is 32.2. The number of benzene rings is 2. The van der Waals surface area contributed by atoms with Crippen LogP contribution in [0.3, 0.4) is 0 Å². The summed E-state index contributed by atoms with van der Waals surface area (Å²) < 4.78 is 10.7. The minimum Gasteiger partial charge on any atom is -0.493 e. The van der Waals surface area contributed by atoms with Crippen LogP contribution in [0.15, 0.2) is 53.9 Å². The third-order valence-electron chi connectivity index (χ3n) is 3.81. The molecule has 2 aromatic carbocycles. The minimum atomic E-state index is 0.731. The van der Waals surface area contributed by atoms with Gasteiger partial charge in [0.15, 0.2) is 11.5 Å². The fraction of sp³-hybridized carbons (Fsp3) is 0.250. The molecule has 5 heteroatoms. The Balaban J connectivity index is 1.57. The second-order valence-corrected chi connectivity index (χ2v) is 7.47. The van der Waals surface area contributed by atoms with Gasteiger partial charge in [-0.05, 0) is 35.9 Å². The van der Waals surface area contributed by atoms with E-state index in [1.54, 1.807) is 25.6 Å². The molecule has 0 bridgehead atoms. The van der Waals surface area contributed by atoms with Crippen molar-refractivity contribution < 1.29 is 9.47 Å². The van der Waals surface area contributed by atoms with E-state index in [1.165, 1.54) is 5.56 Å². The third kappa shape index (κ3) is 4.77. The summed E-state index contributed by atoms with van der Waals surface area (Å²) in [6.45, 7) is 0. The second-order valence-electron chi connectivity index (χ2n) is 5.50. The molecular formula is C20H21NO2S2. The van der Waals surface area contributed by atoms with Crippen molar-refractivity contribution in [3.8, 4) is 22.1 Å². The Morgan fingerprint density at radius 3 is 2.56 bits per heavy atom. The average Bonchev–Trinajstić information content (AvgIpc) is 3.14. The minimum absolute atomic E-state index is 0.731. The summed E-state index contributed by atoms with van der Waals surface area (Å²) in [4.78, 5) is 4.76. The van der Waals surface area contributed by atoms with Crippen molar-refractivity contribution >= 4 is 23.1 Å². The molecule has 0 aliphatic carbocycles. The van der Waals surface area contributed by atoms with E-state index in [0.717, 1.165) is 45.7 Å². The molecule has 0 fully saturated rings. The summed E-state index contributed by atoms with van der Waals surface area (Å²) in [6, 6.07) is 16.5. The standard InChI is InChI=1S/C20H21NO2S2/c1-22-18-9-8-16(12-19(18)23-2)20-21-17(14-25-20)13-24-11-10-15-6-4-3-5-7-15/h3-9,12,14H,10-11,13H2,1-2H3. The predicted octanol–water partition coefficient (Wildman–Crippen LogP) is 5.30. The lowest BCUT2D eigenvalue weighted by molar-refractivity contribution is 0.355. The van der Waals surface area contributed by atoms with E-state index in [4.69, 9.17) is 14.5 Å². The Morgan fingerprint density at radius 1 is 1.00 bits per heavy atom. The molecule has 0 N–H and O–H groups in total. The summed E-state index contributed by atoms with van der Waals surface area (Å²) >= 11 is 3.59. The van der Waals surface area contributed by atoms with Gasteiger partial charge in [-0.25, -0.2) is 4.98 Å². The second kappa shape index (κ2) is 8.92. The van der Waals surface area contributed by atoms with Gasteiger partial charge in [0.1, 0.15) is 5.01 Å². The van der Waals surface area contributed by atoms with Crippen LogP contribution in [0.4, 0.5) is 0 Å². The van der Waals surface area contributed by atoms with Crippen LogP contribution in [0.25, 0.3) is 10.6 Å². The fourth-order valence-corrected chi connectivity index (χ4v) is 4.29. The van der Waals surface area contributed by atoms with Crippen LogP contribution < -0.4 is 9.47 Å². The first kappa shape index (κ1) is 17.8. The van der Waals surface area contributed by atoms with E-state index in [0.29, 0.717) is 0 Å². The number of aromatic nitrogens is 1. The molecule has 3 rings (SSSR count). The zero-order valence-corrected chi connectivity index (χ0v) is 16.0. The van der Waals surface area contributed by atoms with Crippen LogP contribution in [-0.4, -0.2) is 25.0 Å². The predicted molar refractivity (Wildman–Crippen MR) is 107 cm³/mol. The van der Waals surface area contributed by atoms with E-state index in [9.17, 15) is 0 Å². The number of hydrogen-bond donors (Lipinski definition) is 0. The highest BCUT2D eigenvalue weighted by Gasteiger charge is 2.09. The zero-order valence-electron chi connectivity index (χ0n) is 14.4. The van der Waals surface area contributed by atoms with Crippen LogP contribution in [0, 0.1) is 0 Å².